The van der Waals surface area contributed by atoms with Crippen LogP contribution in [0.1, 0.15) is 32.6 Å². The number of anilines is 1. The van der Waals surface area contributed by atoms with Crippen LogP contribution >= 0.6 is 11.6 Å². The maximum atomic E-state index is 17.0. The number of aromatic nitrogens is 2. The number of nitrogens with zero attached hydrogens (tertiary/aromatic N) is 4. The molecule has 4 unspecified atom stereocenters. The van der Waals surface area contributed by atoms with E-state index in [4.69, 9.17) is 26.1 Å². The number of hydrogen-bond acceptors (Lipinski definition) is 9. The lowest BCUT2D eigenvalue weighted by molar-refractivity contribution is -0.0229. The molecule has 46 heavy (non-hydrogen) atoms. The topological polar surface area (TPSA) is 103 Å². The van der Waals surface area contributed by atoms with Gasteiger partial charge in [-0.3, -0.25) is 4.90 Å². The summed E-state index contributed by atoms with van der Waals surface area (Å²) in [5.41, 5.74) is 0.987. The molecule has 4 saturated heterocycles. The molecular weight excluding hydrogens is 608 g/mol. The molecule has 240 valence electrons. The Morgan fingerprint density at radius 3 is 2.52 bits per heavy atom. The Morgan fingerprint density at radius 2 is 1.78 bits per heavy atom. The second kappa shape index (κ2) is 12.2. The standard InChI is InChI=1S/C34H38BClFN5O4/c1-19(13-42-24-8-9-25(42)18-45-17-24)16-46-34-39-32-28(33(40-34)41-14-22-6-7-23(15-41)38-22)12-29(36)30(31(32)37)27-11-21(35(43)44)10-20-4-2-3-5-26(20)27/h2-5,10-12,19,22-25,38,43-44H,6-9,13-18H2,1H3/t19-,22?,23?,24?,25?/m1/s1. The van der Waals surface area contributed by atoms with E-state index < -0.39 is 12.9 Å². The van der Waals surface area contributed by atoms with Gasteiger partial charge in [-0.15, -0.1) is 0 Å². The first-order chi connectivity index (χ1) is 22.3. The largest absolute Gasteiger partial charge is 0.488 e. The van der Waals surface area contributed by atoms with Gasteiger partial charge in [0, 0.05) is 60.7 Å². The summed E-state index contributed by atoms with van der Waals surface area (Å²) in [7, 11) is -1.72. The fraction of sp³-hybridized carbons (Fsp3) is 0.471. The molecule has 4 aliphatic heterocycles. The SMILES string of the molecule is C[C@@H](COc1nc(N2CC3CCC(C2)N3)c2cc(Cl)c(-c3cc(B(O)O)cc4ccccc34)c(F)c2n1)CN1C2CCC1COC2. The van der Waals surface area contributed by atoms with Gasteiger partial charge in [0.2, 0.25) is 0 Å². The average Bonchev–Trinajstić information content (AvgIpc) is 3.48. The van der Waals surface area contributed by atoms with Crippen molar-refractivity contribution in [3.8, 4) is 17.1 Å². The molecule has 4 fully saturated rings. The second-order valence-corrected chi connectivity index (χ2v) is 13.9. The van der Waals surface area contributed by atoms with E-state index in [-0.39, 0.29) is 33.5 Å². The van der Waals surface area contributed by atoms with E-state index in [1.54, 1.807) is 18.2 Å². The molecule has 5 heterocycles. The lowest BCUT2D eigenvalue weighted by Gasteiger charge is -2.36. The molecule has 0 aliphatic carbocycles. The molecule has 5 atom stereocenters. The molecule has 0 saturated carbocycles. The van der Waals surface area contributed by atoms with Gasteiger partial charge in [0.05, 0.1) is 24.8 Å². The van der Waals surface area contributed by atoms with Crippen LogP contribution in [0.3, 0.4) is 0 Å². The molecule has 0 radical (unpaired) electrons. The summed E-state index contributed by atoms with van der Waals surface area (Å²) >= 11 is 6.92. The molecule has 8 rings (SSSR count). The highest BCUT2D eigenvalue weighted by Crippen LogP contribution is 2.41. The third-order valence-electron chi connectivity index (χ3n) is 10.2. The van der Waals surface area contributed by atoms with Crippen LogP contribution in [-0.2, 0) is 4.74 Å². The summed E-state index contributed by atoms with van der Waals surface area (Å²) < 4.78 is 29.0. The predicted octanol–water partition coefficient (Wildman–Crippen LogP) is 3.74. The smallest absolute Gasteiger partial charge is 0.463 e. The van der Waals surface area contributed by atoms with Crippen LogP contribution < -0.4 is 20.4 Å². The van der Waals surface area contributed by atoms with Crippen LogP contribution in [0.5, 0.6) is 6.01 Å². The van der Waals surface area contributed by atoms with E-state index in [0.717, 1.165) is 56.5 Å². The zero-order valence-electron chi connectivity index (χ0n) is 25.8. The molecule has 9 nitrogen and oxygen atoms in total. The van der Waals surface area contributed by atoms with Crippen LogP contribution in [0.25, 0.3) is 32.8 Å². The van der Waals surface area contributed by atoms with Crippen molar-refractivity contribution in [1.29, 1.82) is 0 Å². The molecule has 4 aromatic rings. The van der Waals surface area contributed by atoms with Crippen molar-refractivity contribution in [2.24, 2.45) is 5.92 Å². The number of morpholine rings is 1. The Labute approximate surface area is 272 Å². The van der Waals surface area contributed by atoms with Crippen molar-refractivity contribution in [2.75, 3.05) is 44.4 Å². The minimum atomic E-state index is -1.72. The van der Waals surface area contributed by atoms with Crippen molar-refractivity contribution in [3.63, 3.8) is 0 Å². The van der Waals surface area contributed by atoms with Gasteiger partial charge in [-0.1, -0.05) is 54.9 Å². The minimum Gasteiger partial charge on any atom is -0.463 e. The summed E-state index contributed by atoms with van der Waals surface area (Å²) in [5.74, 6) is 0.236. The van der Waals surface area contributed by atoms with E-state index in [1.165, 1.54) is 12.8 Å². The van der Waals surface area contributed by atoms with E-state index in [9.17, 15) is 10.0 Å². The first kappa shape index (κ1) is 30.3. The highest BCUT2D eigenvalue weighted by atomic mass is 35.5. The maximum absolute atomic E-state index is 17.0. The van der Waals surface area contributed by atoms with Crippen LogP contribution in [0, 0.1) is 11.7 Å². The molecular formula is C34H38BClFN5O4. The minimum absolute atomic E-state index is 0.128. The number of halogens is 2. The summed E-state index contributed by atoms with van der Waals surface area (Å²) in [5, 5.41) is 25.9. The monoisotopic (exact) mass is 645 g/mol. The van der Waals surface area contributed by atoms with E-state index in [2.05, 4.69) is 27.0 Å². The fourth-order valence-corrected chi connectivity index (χ4v) is 8.31. The molecule has 1 aromatic heterocycles. The van der Waals surface area contributed by atoms with Gasteiger partial charge >= 0.3 is 13.1 Å². The Hall–Kier alpha value is -3.06. The number of benzene rings is 3. The fourth-order valence-electron chi connectivity index (χ4n) is 8.01. The van der Waals surface area contributed by atoms with E-state index in [0.29, 0.717) is 47.5 Å². The summed E-state index contributed by atoms with van der Waals surface area (Å²) in [6, 6.07) is 14.2. The van der Waals surface area contributed by atoms with Gasteiger partial charge < -0.3 is 29.7 Å². The van der Waals surface area contributed by atoms with Gasteiger partial charge in [0.1, 0.15) is 11.3 Å². The van der Waals surface area contributed by atoms with E-state index >= 15 is 4.39 Å². The Morgan fingerprint density at radius 1 is 1.04 bits per heavy atom. The normalized spacial score (nSPS) is 25.0. The van der Waals surface area contributed by atoms with Gasteiger partial charge in [-0.05, 0) is 53.5 Å². The average molecular weight is 646 g/mol. The highest BCUT2D eigenvalue weighted by molar-refractivity contribution is 6.59. The number of rotatable bonds is 8. The van der Waals surface area contributed by atoms with Crippen molar-refractivity contribution in [3.05, 3.63) is 53.3 Å². The Bertz CT molecular complexity index is 1770. The zero-order chi connectivity index (χ0) is 31.5. The van der Waals surface area contributed by atoms with Gasteiger partial charge in [-0.2, -0.15) is 9.97 Å². The lowest BCUT2D eigenvalue weighted by atomic mass is 9.77. The first-order valence-corrected chi connectivity index (χ1v) is 16.8. The molecule has 3 N–H and O–H groups in total. The summed E-state index contributed by atoms with van der Waals surface area (Å²) in [6.45, 7) is 6.53. The number of nitrogens with one attached hydrogen (secondary N) is 1. The number of hydrogen-bond donors (Lipinski definition) is 3. The van der Waals surface area contributed by atoms with Crippen molar-refractivity contribution in [1.82, 2.24) is 20.2 Å². The lowest BCUT2D eigenvalue weighted by Crippen LogP contribution is -2.51. The predicted molar refractivity (Wildman–Crippen MR) is 178 cm³/mol. The highest BCUT2D eigenvalue weighted by Gasteiger charge is 2.38. The number of ether oxygens (including phenoxy) is 2. The molecule has 4 bridgehead atoms. The zero-order valence-corrected chi connectivity index (χ0v) is 26.6. The van der Waals surface area contributed by atoms with Gasteiger partial charge in [-0.25, -0.2) is 4.39 Å². The first-order valence-electron chi connectivity index (χ1n) is 16.4. The van der Waals surface area contributed by atoms with E-state index in [1.807, 2.05) is 24.3 Å². The van der Waals surface area contributed by atoms with Gasteiger partial charge in [0.25, 0.3) is 0 Å². The maximum Gasteiger partial charge on any atom is 0.488 e. The third-order valence-corrected chi connectivity index (χ3v) is 10.5. The van der Waals surface area contributed by atoms with Crippen LogP contribution in [0.2, 0.25) is 5.02 Å². The third kappa shape index (κ3) is 5.50. The molecule has 12 heteroatoms. The van der Waals surface area contributed by atoms with Crippen molar-refractivity contribution in [2.45, 2.75) is 56.8 Å². The quantitative estimate of drug-likeness (QED) is 0.247. The Balaban J connectivity index is 1.19. The van der Waals surface area contributed by atoms with Crippen molar-refractivity contribution >= 4 is 51.7 Å². The number of fused-ring (bicyclic) bond motifs is 6. The van der Waals surface area contributed by atoms with Crippen molar-refractivity contribution < 1.29 is 23.9 Å². The van der Waals surface area contributed by atoms with Crippen LogP contribution in [0.4, 0.5) is 10.2 Å². The summed E-state index contributed by atoms with van der Waals surface area (Å²) in [4.78, 5) is 14.3. The Kier molecular flexibility index (Phi) is 8.03. The number of piperazine rings is 1. The molecule has 0 spiro atoms. The molecule has 0 amide bonds. The van der Waals surface area contributed by atoms with Crippen LogP contribution in [0.15, 0.2) is 42.5 Å². The molecule has 4 aliphatic rings. The molecule has 3 aromatic carbocycles. The van der Waals surface area contributed by atoms with Crippen LogP contribution in [-0.4, -0.2) is 95.7 Å². The summed E-state index contributed by atoms with van der Waals surface area (Å²) in [6.07, 6.45) is 4.52. The van der Waals surface area contributed by atoms with Gasteiger partial charge in [0.15, 0.2) is 5.82 Å². The second-order valence-electron chi connectivity index (χ2n) is 13.5.